The summed E-state index contributed by atoms with van der Waals surface area (Å²) < 4.78 is 17.2. The van der Waals surface area contributed by atoms with E-state index in [0.717, 1.165) is 11.3 Å². The van der Waals surface area contributed by atoms with Gasteiger partial charge in [0.05, 0.1) is 5.69 Å². The van der Waals surface area contributed by atoms with Crippen molar-refractivity contribution < 1.29 is 13.3 Å². The minimum Gasteiger partial charge on any atom is -0.354 e. The molecule has 1 aromatic heterocycles. The molecule has 0 aliphatic heterocycles. The van der Waals surface area contributed by atoms with E-state index in [4.69, 9.17) is 4.28 Å². The fourth-order valence-corrected chi connectivity index (χ4v) is 2.59. The molecule has 24 heavy (non-hydrogen) atoms. The molecule has 1 atom stereocenters. The molecule has 0 radical (unpaired) electrons. The molecule has 0 fully saturated rings. The van der Waals surface area contributed by atoms with E-state index in [2.05, 4.69) is 21.1 Å². The number of anilines is 2. The molecule has 0 spiro atoms. The first-order chi connectivity index (χ1) is 11.5. The predicted octanol–water partition coefficient (Wildman–Crippen LogP) is 2.80. The van der Waals surface area contributed by atoms with Gasteiger partial charge in [-0.25, -0.2) is 14.5 Å². The lowest BCUT2D eigenvalue weighted by atomic mass is 10.2. The van der Waals surface area contributed by atoms with Gasteiger partial charge >= 0.3 is 6.03 Å². The highest BCUT2D eigenvalue weighted by Gasteiger charge is 2.13. The Morgan fingerprint density at radius 2 is 2.08 bits per heavy atom. The van der Waals surface area contributed by atoms with Crippen LogP contribution in [0.2, 0.25) is 0 Å². The summed E-state index contributed by atoms with van der Waals surface area (Å²) in [6.07, 6.45) is 3.01. The number of nitrogens with zero attached hydrogens (tertiary/aromatic N) is 1. The number of carbonyl (C=O) groups is 1. The van der Waals surface area contributed by atoms with Crippen molar-refractivity contribution in [2.45, 2.75) is 31.7 Å². The van der Waals surface area contributed by atoms with E-state index in [1.807, 2.05) is 45.0 Å². The number of amides is 2. The molecule has 3 N–H and O–H groups in total. The van der Waals surface area contributed by atoms with Gasteiger partial charge in [-0.05, 0) is 44.5 Å². The third kappa shape index (κ3) is 5.32. The van der Waals surface area contributed by atoms with Crippen LogP contribution >= 0.6 is 0 Å². The summed E-state index contributed by atoms with van der Waals surface area (Å²) in [6, 6.07) is 8.83. The molecule has 2 rings (SSSR count). The quantitative estimate of drug-likeness (QED) is 0.698. The Kier molecular flexibility index (Phi) is 6.28. The molecule has 1 heterocycles. The zero-order chi connectivity index (χ0) is 17.5. The van der Waals surface area contributed by atoms with Gasteiger partial charge in [-0.3, -0.25) is 4.98 Å². The van der Waals surface area contributed by atoms with Crippen molar-refractivity contribution in [1.29, 1.82) is 0 Å². The highest BCUT2D eigenvalue weighted by atomic mass is 32.2. The normalized spacial score (nSPS) is 11.8. The molecule has 8 heteroatoms. The topological polar surface area (TPSA) is 92.3 Å². The van der Waals surface area contributed by atoms with E-state index in [1.165, 1.54) is 6.20 Å². The van der Waals surface area contributed by atoms with Crippen LogP contribution in [0.3, 0.4) is 0 Å². The van der Waals surface area contributed by atoms with Crippen LogP contribution in [0.4, 0.5) is 16.2 Å². The maximum absolute atomic E-state index is 12.3. The smallest absolute Gasteiger partial charge is 0.339 e. The van der Waals surface area contributed by atoms with Gasteiger partial charge in [0.25, 0.3) is 0 Å². The first-order valence-corrected chi connectivity index (χ1v) is 8.46. The molecule has 0 saturated heterocycles. The van der Waals surface area contributed by atoms with Gasteiger partial charge < -0.3 is 10.6 Å². The highest BCUT2D eigenvalue weighted by Crippen LogP contribution is 2.23. The van der Waals surface area contributed by atoms with Gasteiger partial charge in [0.2, 0.25) is 11.1 Å². The zero-order valence-corrected chi connectivity index (χ0v) is 14.5. The van der Waals surface area contributed by atoms with Gasteiger partial charge in [-0.15, -0.1) is 0 Å². The molecule has 7 nitrogen and oxygen atoms in total. The summed E-state index contributed by atoms with van der Waals surface area (Å²) in [6.45, 7) is 5.60. The number of urea groups is 1. The number of benzene rings is 1. The zero-order valence-electron chi connectivity index (χ0n) is 13.7. The van der Waals surface area contributed by atoms with E-state index >= 15 is 0 Å². The molecule has 128 valence electrons. The van der Waals surface area contributed by atoms with Crippen LogP contribution in [0.15, 0.2) is 47.6 Å². The van der Waals surface area contributed by atoms with Crippen LogP contribution in [0.25, 0.3) is 0 Å². The molecular weight excluding hydrogens is 328 g/mol. The van der Waals surface area contributed by atoms with Crippen molar-refractivity contribution >= 4 is 28.5 Å². The molecule has 1 unspecified atom stereocenters. The second-order valence-corrected chi connectivity index (χ2v) is 6.49. The van der Waals surface area contributed by atoms with Crippen molar-refractivity contribution in [3.63, 3.8) is 0 Å². The van der Waals surface area contributed by atoms with Gasteiger partial charge in [0, 0.05) is 24.1 Å². The van der Waals surface area contributed by atoms with Crippen LogP contribution in [0.5, 0.6) is 0 Å². The Bertz CT molecular complexity index is 737. The number of nitrogens with one attached hydrogen (secondary N) is 3. The Balaban J connectivity index is 2.07. The predicted molar refractivity (Wildman–Crippen MR) is 93.0 cm³/mol. The second kappa shape index (κ2) is 8.42. The van der Waals surface area contributed by atoms with Crippen molar-refractivity contribution in [1.82, 2.24) is 15.8 Å². The summed E-state index contributed by atoms with van der Waals surface area (Å²) in [5, 5.41) is 5.74. The molecule has 1 aromatic carbocycles. The summed E-state index contributed by atoms with van der Waals surface area (Å²) in [4.78, 5) is 15.8. The fraction of sp³-hybridized carbons (Fsp3) is 0.250. The van der Waals surface area contributed by atoms with Gasteiger partial charge in [0.1, 0.15) is 4.90 Å². The fourth-order valence-electron chi connectivity index (χ4n) is 1.91. The van der Waals surface area contributed by atoms with Crippen LogP contribution in [-0.4, -0.2) is 21.3 Å². The summed E-state index contributed by atoms with van der Waals surface area (Å²) in [5.41, 5.74) is 4.64. The lowest BCUT2D eigenvalue weighted by Gasteiger charge is -2.12. The van der Waals surface area contributed by atoms with Gasteiger partial charge in [-0.2, -0.15) is 4.28 Å². The molecule has 2 amide bonds. The first-order valence-electron chi connectivity index (χ1n) is 7.39. The lowest BCUT2D eigenvalue weighted by molar-refractivity contribution is 0.187. The van der Waals surface area contributed by atoms with Crippen LogP contribution in [0.1, 0.15) is 19.4 Å². The van der Waals surface area contributed by atoms with Crippen molar-refractivity contribution in [2.75, 3.05) is 5.32 Å². The standard InChI is InChI=1S/C16H20N4O3S/c1-11(2)18-16(21)20-23-24(22)15-10-17-8-7-14(15)19-13-6-4-5-12(3)9-13/h4-11H,1-3H3,(H,17,19)(H2,18,20,21). The van der Waals surface area contributed by atoms with Crippen LogP contribution in [0, 0.1) is 6.92 Å². The van der Waals surface area contributed by atoms with Crippen molar-refractivity contribution in [3.8, 4) is 0 Å². The molecule has 2 aromatic rings. The largest absolute Gasteiger partial charge is 0.354 e. The Morgan fingerprint density at radius 1 is 1.29 bits per heavy atom. The van der Waals surface area contributed by atoms with Gasteiger partial charge in [0.15, 0.2) is 0 Å². The number of hydrogen-bond donors (Lipinski definition) is 3. The van der Waals surface area contributed by atoms with Gasteiger partial charge in [-0.1, -0.05) is 12.1 Å². The molecule has 0 saturated carbocycles. The summed E-state index contributed by atoms with van der Waals surface area (Å²) in [5.74, 6) is 0. The third-order valence-electron chi connectivity index (χ3n) is 2.89. The number of carbonyl (C=O) groups excluding carboxylic acids is 1. The Morgan fingerprint density at radius 3 is 2.79 bits per heavy atom. The minimum absolute atomic E-state index is 0.0565. The number of aryl methyl sites for hydroxylation is 1. The molecule has 0 aliphatic rings. The monoisotopic (exact) mass is 348 g/mol. The average molecular weight is 348 g/mol. The number of aromatic nitrogens is 1. The summed E-state index contributed by atoms with van der Waals surface area (Å²) in [7, 11) is 0. The molecule has 0 bridgehead atoms. The first kappa shape index (κ1) is 17.9. The van der Waals surface area contributed by atoms with E-state index in [1.54, 1.807) is 12.3 Å². The minimum atomic E-state index is -1.91. The average Bonchev–Trinajstić information content (AvgIpc) is 2.52. The van der Waals surface area contributed by atoms with Crippen molar-refractivity contribution in [3.05, 3.63) is 48.3 Å². The second-order valence-electron chi connectivity index (χ2n) is 5.41. The van der Waals surface area contributed by atoms with E-state index in [0.29, 0.717) is 10.6 Å². The highest BCUT2D eigenvalue weighted by molar-refractivity contribution is 7.80. The lowest BCUT2D eigenvalue weighted by Crippen LogP contribution is -2.39. The van der Waals surface area contributed by atoms with Crippen LogP contribution < -0.4 is 16.1 Å². The number of hydrogen-bond acceptors (Lipinski definition) is 5. The third-order valence-corrected chi connectivity index (χ3v) is 3.81. The van der Waals surface area contributed by atoms with E-state index in [-0.39, 0.29) is 6.04 Å². The number of hydroxylamine groups is 1. The van der Waals surface area contributed by atoms with E-state index in [9.17, 15) is 9.00 Å². The Labute approximate surface area is 143 Å². The molecular formula is C16H20N4O3S. The Hall–Kier alpha value is -2.45. The van der Waals surface area contributed by atoms with Crippen molar-refractivity contribution in [2.24, 2.45) is 0 Å². The summed E-state index contributed by atoms with van der Waals surface area (Å²) >= 11 is -1.91. The number of rotatable bonds is 6. The van der Waals surface area contributed by atoms with E-state index < -0.39 is 17.1 Å². The number of pyridine rings is 1. The maximum Gasteiger partial charge on any atom is 0.339 e. The molecule has 0 aliphatic carbocycles. The maximum atomic E-state index is 12.3. The van der Waals surface area contributed by atoms with Crippen LogP contribution in [-0.2, 0) is 15.4 Å². The SMILES string of the molecule is Cc1cccc(Nc2ccncc2S(=O)ONC(=O)NC(C)C)c1.